The monoisotopic (exact) mass is 746 g/mol. The van der Waals surface area contributed by atoms with Crippen LogP contribution in [0.3, 0.4) is 0 Å². The third kappa shape index (κ3) is 8.26. The highest BCUT2D eigenvalue weighted by atomic mass is 32.1. The molecule has 2 aliphatic rings. The Balaban J connectivity index is 0.000000194. The van der Waals surface area contributed by atoms with E-state index < -0.39 is 23.9 Å². The van der Waals surface area contributed by atoms with Crippen LogP contribution < -0.4 is 0 Å². The Morgan fingerprint density at radius 1 is 0.780 bits per heavy atom. The molecule has 2 saturated heterocycles. The number of aromatic nitrogens is 2. The van der Waals surface area contributed by atoms with Crippen LogP contribution in [0.25, 0.3) is 21.1 Å². The van der Waals surface area contributed by atoms with Gasteiger partial charge in [-0.1, -0.05) is 23.7 Å². The van der Waals surface area contributed by atoms with Gasteiger partial charge in [0.05, 0.1) is 19.5 Å². The third-order valence-electron chi connectivity index (χ3n) is 8.91. The topological polar surface area (TPSA) is 113 Å². The van der Waals surface area contributed by atoms with Gasteiger partial charge in [-0.25, -0.2) is 0 Å². The van der Waals surface area contributed by atoms with Gasteiger partial charge in [0.25, 0.3) is 11.8 Å². The minimum Gasteiger partial charge on any atom is -0.396 e. The number of aliphatic hydroxyl groups excluding tert-OH is 1. The Morgan fingerprint density at radius 3 is 1.58 bits per heavy atom. The van der Waals surface area contributed by atoms with Crippen LogP contribution in [0, 0.1) is 25.7 Å². The smallest absolute Gasteiger partial charge is 0.396 e. The number of likely N-dealkylation sites (tertiary alicyclic amines) is 2. The predicted octanol–water partition coefficient (Wildman–Crippen LogP) is 8.57. The molecule has 4 aromatic heterocycles. The quantitative estimate of drug-likeness (QED) is 0.197. The van der Waals surface area contributed by atoms with E-state index >= 15 is 0 Å². The SMILES string of the molecule is CC[C@@H]1CCCN(C(=O)c2ccc(-c3noc(C(F)(F)F)c3C)s2)C1.Cc1c(-c2ccc(C(=O)N3CCC[C@H](CO)C3)s2)noc1C(F)(F)F. The second kappa shape index (κ2) is 15.3. The van der Waals surface area contributed by atoms with E-state index in [1.807, 2.05) is 4.90 Å². The Bertz CT molecular complexity index is 1660. The molecule has 0 aliphatic carbocycles. The summed E-state index contributed by atoms with van der Waals surface area (Å²) in [5.41, 5.74) is 0.0914. The number of aliphatic hydroxyl groups is 1. The van der Waals surface area contributed by atoms with Gasteiger partial charge in [-0.05, 0) is 75.6 Å². The second-order valence-electron chi connectivity index (χ2n) is 12.4. The zero-order valence-electron chi connectivity index (χ0n) is 27.5. The number of rotatable bonds is 6. The van der Waals surface area contributed by atoms with Crippen LogP contribution in [0.4, 0.5) is 26.3 Å². The summed E-state index contributed by atoms with van der Waals surface area (Å²) in [6.45, 7) is 7.35. The molecule has 1 N–H and O–H groups in total. The van der Waals surface area contributed by atoms with E-state index in [1.165, 1.54) is 13.8 Å². The first kappa shape index (κ1) is 37.6. The van der Waals surface area contributed by atoms with Crippen molar-refractivity contribution in [3.63, 3.8) is 0 Å². The maximum Gasteiger partial charge on any atom is 0.452 e. The van der Waals surface area contributed by atoms with Crippen LogP contribution in [0.2, 0.25) is 0 Å². The lowest BCUT2D eigenvalue weighted by Crippen LogP contribution is -2.40. The first-order valence-corrected chi connectivity index (χ1v) is 17.7. The highest BCUT2D eigenvalue weighted by Crippen LogP contribution is 2.40. The average molecular weight is 747 g/mol. The van der Waals surface area contributed by atoms with E-state index in [0.29, 0.717) is 38.5 Å². The number of halogens is 6. The predicted molar refractivity (Wildman–Crippen MR) is 174 cm³/mol. The lowest BCUT2D eigenvalue weighted by Gasteiger charge is -2.32. The van der Waals surface area contributed by atoms with Crippen molar-refractivity contribution in [3.05, 3.63) is 56.7 Å². The molecule has 0 bridgehead atoms. The molecule has 2 atom stereocenters. The van der Waals surface area contributed by atoms with E-state index in [2.05, 4.69) is 26.3 Å². The summed E-state index contributed by atoms with van der Waals surface area (Å²) < 4.78 is 85.8. The number of hydrogen-bond acceptors (Lipinski definition) is 9. The highest BCUT2D eigenvalue weighted by molar-refractivity contribution is 7.17. The summed E-state index contributed by atoms with van der Waals surface area (Å²) in [5, 5.41) is 16.3. The Morgan fingerprint density at radius 2 is 1.20 bits per heavy atom. The van der Waals surface area contributed by atoms with Crippen molar-refractivity contribution in [1.29, 1.82) is 0 Å². The van der Waals surface area contributed by atoms with E-state index in [9.17, 15) is 41.0 Å². The van der Waals surface area contributed by atoms with Gasteiger partial charge >= 0.3 is 12.4 Å². The third-order valence-corrected chi connectivity index (χ3v) is 11.1. The fraction of sp³-hybridized carbons (Fsp3) is 0.515. The maximum absolute atomic E-state index is 12.8. The van der Waals surface area contributed by atoms with Gasteiger partial charge in [-0.3, -0.25) is 9.59 Å². The van der Waals surface area contributed by atoms with Crippen LogP contribution in [-0.2, 0) is 12.4 Å². The van der Waals surface area contributed by atoms with Gasteiger partial charge in [0.1, 0.15) is 11.4 Å². The van der Waals surface area contributed by atoms with Crippen molar-refractivity contribution >= 4 is 34.5 Å². The molecule has 2 amide bonds. The molecular weight excluding hydrogens is 711 g/mol. The lowest BCUT2D eigenvalue weighted by molar-refractivity contribution is -0.156. The fourth-order valence-corrected chi connectivity index (χ4v) is 8.14. The molecule has 2 aliphatic heterocycles. The lowest BCUT2D eigenvalue weighted by atomic mass is 9.95. The number of carbonyl (C=O) groups excluding carboxylic acids is 2. The zero-order valence-corrected chi connectivity index (χ0v) is 29.1. The molecule has 0 radical (unpaired) electrons. The summed E-state index contributed by atoms with van der Waals surface area (Å²) in [7, 11) is 0. The molecule has 2 fully saturated rings. The van der Waals surface area contributed by atoms with Crippen LogP contribution in [-0.4, -0.2) is 69.8 Å². The van der Waals surface area contributed by atoms with Crippen molar-refractivity contribution in [1.82, 2.24) is 20.1 Å². The molecule has 9 nitrogen and oxygen atoms in total. The number of alkyl halides is 6. The van der Waals surface area contributed by atoms with Crippen LogP contribution in [0.5, 0.6) is 0 Å². The van der Waals surface area contributed by atoms with E-state index in [4.69, 9.17) is 0 Å². The number of nitrogens with zero attached hydrogens (tertiary/aromatic N) is 4. The minimum absolute atomic E-state index is 0.0395. The van der Waals surface area contributed by atoms with Crippen molar-refractivity contribution in [2.45, 2.75) is 65.2 Å². The van der Waals surface area contributed by atoms with Gasteiger partial charge in [0.2, 0.25) is 11.5 Å². The number of amides is 2. The molecule has 4 aromatic rings. The minimum atomic E-state index is -4.60. The van der Waals surface area contributed by atoms with Crippen LogP contribution >= 0.6 is 22.7 Å². The molecule has 17 heteroatoms. The van der Waals surface area contributed by atoms with Crippen LogP contribution in [0.1, 0.15) is 81.0 Å². The van der Waals surface area contributed by atoms with Gasteiger partial charge < -0.3 is 24.0 Å². The molecule has 6 heterocycles. The summed E-state index contributed by atoms with van der Waals surface area (Å²) >= 11 is 2.24. The summed E-state index contributed by atoms with van der Waals surface area (Å²) in [6, 6.07) is 6.45. The molecule has 50 heavy (non-hydrogen) atoms. The van der Waals surface area contributed by atoms with Crippen molar-refractivity contribution in [2.24, 2.45) is 11.8 Å². The first-order valence-electron chi connectivity index (χ1n) is 16.1. The first-order chi connectivity index (χ1) is 23.6. The number of carbonyl (C=O) groups is 2. The summed E-state index contributed by atoms with van der Waals surface area (Å²) in [5.74, 6) is -1.86. The van der Waals surface area contributed by atoms with Crippen molar-refractivity contribution in [2.75, 3.05) is 32.8 Å². The van der Waals surface area contributed by atoms with Gasteiger partial charge in [-0.15, -0.1) is 22.7 Å². The summed E-state index contributed by atoms with van der Waals surface area (Å²) in [6.07, 6.45) is -4.31. The number of piperidine rings is 2. The molecule has 6 rings (SSSR count). The Labute approximate surface area is 291 Å². The molecule has 0 unspecified atom stereocenters. The number of hydrogen-bond donors (Lipinski definition) is 1. The van der Waals surface area contributed by atoms with Crippen molar-refractivity contribution in [3.8, 4) is 21.1 Å². The second-order valence-corrected chi connectivity index (χ2v) is 14.6. The normalized spacial score (nSPS) is 18.6. The van der Waals surface area contributed by atoms with Gasteiger partial charge in [0, 0.05) is 43.9 Å². The van der Waals surface area contributed by atoms with Crippen LogP contribution in [0.15, 0.2) is 33.3 Å². The Kier molecular flexibility index (Phi) is 11.5. The number of thiophene rings is 2. The molecule has 0 spiro atoms. The molecular formula is C33H36F6N4O5S2. The van der Waals surface area contributed by atoms with Crippen molar-refractivity contribution < 1.29 is 50.1 Å². The average Bonchev–Trinajstić information content (AvgIpc) is 3.90. The van der Waals surface area contributed by atoms with E-state index in [0.717, 1.165) is 67.9 Å². The highest BCUT2D eigenvalue weighted by Gasteiger charge is 2.40. The maximum atomic E-state index is 12.8. The van der Waals surface area contributed by atoms with Gasteiger partial charge in [-0.2, -0.15) is 26.3 Å². The Hall–Kier alpha value is -3.70. The molecule has 0 aromatic carbocycles. The largest absolute Gasteiger partial charge is 0.452 e. The zero-order chi connectivity index (χ0) is 36.4. The van der Waals surface area contributed by atoms with E-state index in [1.54, 1.807) is 29.2 Å². The molecule has 272 valence electrons. The van der Waals surface area contributed by atoms with E-state index in [-0.39, 0.29) is 46.9 Å². The standard InChI is InChI=1S/C17H19F3N2O2S.C16H17F3N2O3S/c1-3-11-5-4-8-22(9-11)16(23)13-7-6-12(25-13)14-10(2)15(24-21-14)17(18,19)20;1-9-13(20-24-14(9)16(17,18)19)11-4-5-12(25-11)15(23)21-6-2-3-10(7-21)8-22/h6-7,11H,3-5,8-9H2,1-2H3;4-5,10,22H,2-3,6-8H2,1H3/t11-;10-/m10/s1. The summed E-state index contributed by atoms with van der Waals surface area (Å²) in [4.78, 5) is 30.7. The fourth-order valence-electron chi connectivity index (χ4n) is 6.11. The molecule has 0 saturated carbocycles. The van der Waals surface area contributed by atoms with Gasteiger partial charge in [0.15, 0.2) is 0 Å².